The molecule has 20 heteroatoms. The zero-order valence-electron chi connectivity index (χ0n) is 33.3. The van der Waals surface area contributed by atoms with E-state index in [0.717, 1.165) is 51.3 Å². The first-order valence-electron chi connectivity index (χ1n) is 17.7. The SMILES string of the molecule is CO[C@@](C=O)([C@@H](C)OC(=O)C1=C(C)NC(C)=C(C(=O)O[C@H](C)[C@](C=O)(OC)S(=O)(=O)Nc2ccc(C)cc2)C1c1cccc([N+](=O)[O-])c1)S(=O)(=O)Nc1ccc(C)cc1. The molecule has 316 valence electrons. The molecule has 0 radical (unpaired) electrons. The van der Waals surface area contributed by atoms with E-state index in [-0.39, 0.29) is 52.1 Å². The number of nitro groups is 1. The second-order valence-corrected chi connectivity index (χ2v) is 17.3. The van der Waals surface area contributed by atoms with Gasteiger partial charge in [-0.25, -0.2) is 26.4 Å². The van der Waals surface area contributed by atoms with Crippen molar-refractivity contribution in [2.45, 2.75) is 69.5 Å². The minimum absolute atomic E-state index is 0.0253. The highest BCUT2D eigenvalue weighted by molar-refractivity contribution is 7.95. The number of hydrogen-bond acceptors (Lipinski definition) is 15. The van der Waals surface area contributed by atoms with Gasteiger partial charge >= 0.3 is 11.9 Å². The lowest BCUT2D eigenvalue weighted by atomic mass is 9.80. The first-order chi connectivity index (χ1) is 27.6. The summed E-state index contributed by atoms with van der Waals surface area (Å²) >= 11 is 0. The largest absolute Gasteiger partial charge is 0.454 e. The second-order valence-electron chi connectivity index (χ2n) is 13.6. The van der Waals surface area contributed by atoms with Crippen molar-refractivity contribution in [3.63, 3.8) is 0 Å². The third kappa shape index (κ3) is 9.04. The van der Waals surface area contributed by atoms with E-state index in [0.29, 0.717) is 0 Å². The van der Waals surface area contributed by atoms with Crippen molar-refractivity contribution < 1.29 is 59.9 Å². The Hall–Kier alpha value is -5.96. The first-order valence-corrected chi connectivity index (χ1v) is 20.7. The Bertz CT molecular complexity index is 2280. The van der Waals surface area contributed by atoms with Gasteiger partial charge in [-0.1, -0.05) is 47.5 Å². The molecule has 0 amide bonds. The quantitative estimate of drug-likeness (QED) is 0.0699. The molecule has 3 N–H and O–H groups in total. The van der Waals surface area contributed by atoms with Gasteiger partial charge in [-0.3, -0.25) is 29.1 Å². The molecule has 0 spiro atoms. The number of non-ortho nitro benzene ring substituents is 1. The number of hydrogen-bond donors (Lipinski definition) is 3. The van der Waals surface area contributed by atoms with E-state index in [2.05, 4.69) is 14.8 Å². The van der Waals surface area contributed by atoms with Crippen LogP contribution in [0.2, 0.25) is 0 Å². The van der Waals surface area contributed by atoms with Crippen LogP contribution in [0.15, 0.2) is 95.3 Å². The van der Waals surface area contributed by atoms with Crippen LogP contribution in [0, 0.1) is 24.0 Å². The maximum atomic E-state index is 14.3. The number of nitrogens with one attached hydrogen (secondary N) is 3. The number of nitro benzene ring substituents is 1. The topological polar surface area (TPSA) is 253 Å². The summed E-state index contributed by atoms with van der Waals surface area (Å²) in [6, 6.07) is 17.1. The van der Waals surface area contributed by atoms with E-state index >= 15 is 0 Å². The van der Waals surface area contributed by atoms with Crippen molar-refractivity contribution in [3.05, 3.63) is 122 Å². The summed E-state index contributed by atoms with van der Waals surface area (Å²) < 4.78 is 81.2. The van der Waals surface area contributed by atoms with Crippen molar-refractivity contribution in [2.75, 3.05) is 23.7 Å². The fourth-order valence-corrected chi connectivity index (χ4v) is 9.29. The first kappa shape index (κ1) is 45.7. The van der Waals surface area contributed by atoms with Gasteiger partial charge in [-0.15, -0.1) is 0 Å². The highest BCUT2D eigenvalue weighted by Gasteiger charge is 2.54. The number of carbonyl (C=O) groups is 4. The van der Waals surface area contributed by atoms with Gasteiger partial charge in [0.25, 0.3) is 35.6 Å². The number of rotatable bonds is 18. The molecule has 18 nitrogen and oxygen atoms in total. The third-order valence-corrected chi connectivity index (χ3v) is 13.6. The number of sulfonamides is 2. The van der Waals surface area contributed by atoms with Crippen molar-refractivity contribution in [3.8, 4) is 0 Å². The van der Waals surface area contributed by atoms with E-state index in [1.807, 2.05) is 0 Å². The fraction of sp³-hybridized carbons (Fsp3) is 0.333. The summed E-state index contributed by atoms with van der Waals surface area (Å²) in [6.07, 6.45) is -3.86. The fourth-order valence-electron chi connectivity index (χ4n) is 6.41. The molecule has 4 atom stereocenters. The number of aryl methyl sites for hydroxylation is 2. The molecule has 4 rings (SSSR count). The molecule has 0 aromatic heterocycles. The molecule has 0 unspecified atom stereocenters. The molecular weight excluding hydrogens is 813 g/mol. The Morgan fingerprint density at radius 1 is 0.729 bits per heavy atom. The van der Waals surface area contributed by atoms with Gasteiger partial charge in [-0.05, 0) is 71.4 Å². The number of nitrogens with zero attached hydrogens (tertiary/aromatic N) is 1. The van der Waals surface area contributed by atoms with Crippen LogP contribution >= 0.6 is 0 Å². The van der Waals surface area contributed by atoms with E-state index in [4.69, 9.17) is 18.9 Å². The summed E-state index contributed by atoms with van der Waals surface area (Å²) in [6.45, 7) is 8.54. The van der Waals surface area contributed by atoms with Crippen LogP contribution in [0.25, 0.3) is 0 Å². The monoisotopic (exact) mass is 856 g/mol. The van der Waals surface area contributed by atoms with Gasteiger partial charge in [-0.2, -0.15) is 0 Å². The Labute approximate surface area is 341 Å². The lowest BCUT2D eigenvalue weighted by molar-refractivity contribution is -0.384. The zero-order chi connectivity index (χ0) is 44.1. The molecular formula is C39H44N4O14S2. The second kappa shape index (κ2) is 17.9. The van der Waals surface area contributed by atoms with Crippen LogP contribution in [0.4, 0.5) is 17.1 Å². The van der Waals surface area contributed by atoms with E-state index in [1.165, 1.54) is 50.2 Å². The van der Waals surface area contributed by atoms with Crippen LogP contribution in [-0.4, -0.2) is 82.6 Å². The number of aldehydes is 2. The Morgan fingerprint density at radius 3 is 1.46 bits per heavy atom. The summed E-state index contributed by atoms with van der Waals surface area (Å²) in [5.74, 6) is -4.15. The van der Waals surface area contributed by atoms with E-state index < -0.39 is 70.6 Å². The van der Waals surface area contributed by atoms with Crippen molar-refractivity contribution in [1.29, 1.82) is 0 Å². The van der Waals surface area contributed by atoms with Gasteiger partial charge in [0, 0.05) is 49.1 Å². The molecule has 0 bridgehead atoms. The van der Waals surface area contributed by atoms with Crippen LogP contribution < -0.4 is 14.8 Å². The molecule has 1 aliphatic rings. The molecule has 3 aromatic rings. The summed E-state index contributed by atoms with van der Waals surface area (Å²) in [7, 11) is -7.80. The number of dihydropyridines is 1. The molecule has 0 fully saturated rings. The lowest BCUT2D eigenvalue weighted by Gasteiger charge is -2.35. The molecule has 1 heterocycles. The predicted octanol–water partition coefficient (Wildman–Crippen LogP) is 4.28. The zero-order valence-corrected chi connectivity index (χ0v) is 34.9. The lowest BCUT2D eigenvalue weighted by Crippen LogP contribution is -2.55. The van der Waals surface area contributed by atoms with Gasteiger partial charge in [0.15, 0.2) is 24.8 Å². The highest BCUT2D eigenvalue weighted by Crippen LogP contribution is 2.42. The molecule has 0 aliphatic carbocycles. The molecule has 1 aliphatic heterocycles. The number of carbonyl (C=O) groups excluding carboxylic acids is 4. The van der Waals surface area contributed by atoms with Crippen molar-refractivity contribution in [1.82, 2.24) is 5.32 Å². The molecule has 0 saturated carbocycles. The Kier molecular flexibility index (Phi) is 13.9. The van der Waals surface area contributed by atoms with Crippen LogP contribution in [0.5, 0.6) is 0 Å². The number of methoxy groups -OCH3 is 2. The van der Waals surface area contributed by atoms with E-state index in [1.54, 1.807) is 38.1 Å². The van der Waals surface area contributed by atoms with Gasteiger partial charge in [0.05, 0.1) is 22.0 Å². The average Bonchev–Trinajstić information content (AvgIpc) is 3.17. The summed E-state index contributed by atoms with van der Waals surface area (Å²) in [4.78, 5) is 59.4. The average molecular weight is 857 g/mol. The number of benzene rings is 3. The minimum atomic E-state index is -4.82. The normalized spacial score (nSPS) is 16.7. The van der Waals surface area contributed by atoms with Crippen molar-refractivity contribution >= 4 is 61.6 Å². The van der Waals surface area contributed by atoms with Crippen LogP contribution in [0.1, 0.15) is 50.3 Å². The number of anilines is 2. The third-order valence-electron chi connectivity index (χ3n) is 9.73. The minimum Gasteiger partial charge on any atom is -0.454 e. The van der Waals surface area contributed by atoms with Crippen LogP contribution in [-0.2, 0) is 58.2 Å². The number of ether oxygens (including phenoxy) is 4. The van der Waals surface area contributed by atoms with Gasteiger partial charge in [0.1, 0.15) is 0 Å². The van der Waals surface area contributed by atoms with E-state index in [9.17, 15) is 46.1 Å². The standard InChI is InChI=1S/C39H44N4O14S2/c1-23-12-16-30(17-13-23)41-58(50,51)38(21-44,54-7)27(5)56-36(46)33-25(3)40-26(4)34(35(33)29-10-9-11-32(20-29)43(48)49)37(47)57-28(6)39(22-45,55-8)59(52,53)42-31-18-14-24(2)15-19-31/h9-22,27-28,35,40-42H,1-8H3/t27-,28-,38-,39-/m1/s1. The molecule has 3 aromatic carbocycles. The van der Waals surface area contributed by atoms with Gasteiger partial charge < -0.3 is 24.3 Å². The Morgan fingerprint density at radius 2 is 1.12 bits per heavy atom. The summed E-state index contributed by atoms with van der Waals surface area (Å²) in [5, 5.41) is 14.7. The van der Waals surface area contributed by atoms with Crippen LogP contribution in [0.3, 0.4) is 0 Å². The van der Waals surface area contributed by atoms with Crippen molar-refractivity contribution in [2.24, 2.45) is 0 Å². The smallest absolute Gasteiger partial charge is 0.337 e. The number of esters is 2. The highest BCUT2D eigenvalue weighted by atomic mass is 32.2. The maximum Gasteiger partial charge on any atom is 0.337 e. The predicted molar refractivity (Wildman–Crippen MR) is 215 cm³/mol. The Balaban J connectivity index is 1.78. The van der Waals surface area contributed by atoms with Gasteiger partial charge in [0.2, 0.25) is 0 Å². The maximum absolute atomic E-state index is 14.3. The molecule has 59 heavy (non-hydrogen) atoms. The number of allylic oxidation sites excluding steroid dienone is 2. The summed E-state index contributed by atoms with van der Waals surface area (Å²) in [5.41, 5.74) is 0.615. The molecule has 0 saturated heterocycles.